The van der Waals surface area contributed by atoms with E-state index in [1.807, 2.05) is 0 Å². The number of hydrogen-bond acceptors (Lipinski definition) is 2. The maximum Gasteiger partial charge on any atom is 0.0987 e. The molecule has 0 saturated carbocycles. The zero-order valence-corrected chi connectivity index (χ0v) is 11.0. The molecule has 16 heavy (non-hydrogen) atoms. The molecule has 0 saturated heterocycles. The lowest BCUT2D eigenvalue weighted by Crippen LogP contribution is -2.39. The van der Waals surface area contributed by atoms with Crippen molar-refractivity contribution < 1.29 is 0 Å². The van der Waals surface area contributed by atoms with E-state index in [4.69, 9.17) is 6.42 Å². The van der Waals surface area contributed by atoms with Gasteiger partial charge in [-0.1, -0.05) is 27.7 Å². The Hall–Kier alpha value is -0.990. The van der Waals surface area contributed by atoms with Crippen molar-refractivity contribution in [3.8, 4) is 18.4 Å². The largest absolute Gasteiger partial charge is 0.288 e. The number of terminal acetylenes is 1. The van der Waals surface area contributed by atoms with Crippen LogP contribution in [0.15, 0.2) is 0 Å². The van der Waals surface area contributed by atoms with Crippen LogP contribution in [0.25, 0.3) is 0 Å². The second kappa shape index (κ2) is 8.20. The molecule has 1 atom stereocenters. The molecule has 0 aliphatic carbocycles. The van der Waals surface area contributed by atoms with Crippen molar-refractivity contribution in [1.82, 2.24) is 4.90 Å². The van der Waals surface area contributed by atoms with Crippen LogP contribution in [0.5, 0.6) is 0 Å². The van der Waals surface area contributed by atoms with Gasteiger partial charge < -0.3 is 0 Å². The molecule has 0 aromatic carbocycles. The Morgan fingerprint density at radius 3 is 1.94 bits per heavy atom. The van der Waals surface area contributed by atoms with Gasteiger partial charge in [-0.3, -0.25) is 4.90 Å². The van der Waals surface area contributed by atoms with E-state index >= 15 is 0 Å². The summed E-state index contributed by atoms with van der Waals surface area (Å²) in [5, 5.41) is 9.19. The second-order valence-corrected chi connectivity index (χ2v) is 5.13. The summed E-state index contributed by atoms with van der Waals surface area (Å²) < 4.78 is 0. The molecule has 0 aliphatic rings. The fourth-order valence-electron chi connectivity index (χ4n) is 1.82. The molecule has 0 bridgehead atoms. The van der Waals surface area contributed by atoms with E-state index < -0.39 is 0 Å². The van der Waals surface area contributed by atoms with Crippen molar-refractivity contribution in [3.05, 3.63) is 0 Å². The fraction of sp³-hybridized carbons (Fsp3) is 0.786. The van der Waals surface area contributed by atoms with Crippen LogP contribution < -0.4 is 0 Å². The molecular weight excluding hydrogens is 196 g/mol. The van der Waals surface area contributed by atoms with E-state index in [9.17, 15) is 5.26 Å². The van der Waals surface area contributed by atoms with Crippen LogP contribution in [0.3, 0.4) is 0 Å². The first kappa shape index (κ1) is 15.0. The van der Waals surface area contributed by atoms with Gasteiger partial charge in [-0.25, -0.2) is 0 Å². The van der Waals surface area contributed by atoms with Gasteiger partial charge in [-0.05, 0) is 18.3 Å². The standard InChI is InChI=1S/C14H24N2/c1-6-7-8-14(9-15)16(10-12(2)3)11-13(4)5/h1,12-14H,7-8,10-11H2,2-5H3. The third kappa shape index (κ3) is 6.49. The lowest BCUT2D eigenvalue weighted by atomic mass is 10.1. The average molecular weight is 220 g/mol. The summed E-state index contributed by atoms with van der Waals surface area (Å²) in [4.78, 5) is 2.27. The van der Waals surface area contributed by atoms with Crippen LogP contribution in [-0.4, -0.2) is 24.0 Å². The van der Waals surface area contributed by atoms with E-state index in [2.05, 4.69) is 44.6 Å². The highest BCUT2D eigenvalue weighted by molar-refractivity contribution is 4.96. The maximum absolute atomic E-state index is 9.19. The van der Waals surface area contributed by atoms with Gasteiger partial charge in [-0.2, -0.15) is 5.26 Å². The molecule has 0 aromatic heterocycles. The molecular formula is C14H24N2. The van der Waals surface area contributed by atoms with Gasteiger partial charge in [0.1, 0.15) is 0 Å². The third-order valence-electron chi connectivity index (χ3n) is 2.35. The predicted octanol–water partition coefficient (Wildman–Crippen LogP) is 2.91. The molecule has 0 rings (SSSR count). The Morgan fingerprint density at radius 2 is 1.62 bits per heavy atom. The predicted molar refractivity (Wildman–Crippen MR) is 68.7 cm³/mol. The van der Waals surface area contributed by atoms with Crippen LogP contribution in [0, 0.1) is 35.5 Å². The van der Waals surface area contributed by atoms with E-state index in [1.54, 1.807) is 0 Å². The zero-order valence-electron chi connectivity index (χ0n) is 11.0. The number of nitriles is 1. The van der Waals surface area contributed by atoms with Crippen LogP contribution in [0.1, 0.15) is 40.5 Å². The number of hydrogen-bond donors (Lipinski definition) is 0. The summed E-state index contributed by atoms with van der Waals surface area (Å²) >= 11 is 0. The molecule has 1 unspecified atom stereocenters. The van der Waals surface area contributed by atoms with Crippen molar-refractivity contribution in [2.75, 3.05) is 13.1 Å². The minimum atomic E-state index is -0.0270. The van der Waals surface area contributed by atoms with Gasteiger partial charge in [0.25, 0.3) is 0 Å². The molecule has 0 heterocycles. The lowest BCUT2D eigenvalue weighted by Gasteiger charge is -2.29. The fourth-order valence-corrected chi connectivity index (χ4v) is 1.82. The molecule has 0 radical (unpaired) electrons. The topological polar surface area (TPSA) is 27.0 Å². The normalized spacial score (nSPS) is 12.8. The first-order chi connectivity index (χ1) is 7.51. The van der Waals surface area contributed by atoms with Crippen molar-refractivity contribution in [1.29, 1.82) is 5.26 Å². The monoisotopic (exact) mass is 220 g/mol. The van der Waals surface area contributed by atoms with Gasteiger partial charge in [-0.15, -0.1) is 12.3 Å². The highest BCUT2D eigenvalue weighted by Crippen LogP contribution is 2.12. The average Bonchev–Trinajstić information content (AvgIpc) is 2.16. The van der Waals surface area contributed by atoms with E-state index in [0.717, 1.165) is 19.5 Å². The van der Waals surface area contributed by atoms with Crippen LogP contribution in [-0.2, 0) is 0 Å². The molecule has 0 amide bonds. The Kier molecular flexibility index (Phi) is 7.69. The van der Waals surface area contributed by atoms with Crippen LogP contribution in [0.4, 0.5) is 0 Å². The third-order valence-corrected chi connectivity index (χ3v) is 2.35. The second-order valence-electron chi connectivity index (χ2n) is 5.13. The van der Waals surface area contributed by atoms with Gasteiger partial charge in [0.15, 0.2) is 0 Å². The van der Waals surface area contributed by atoms with Crippen molar-refractivity contribution in [2.24, 2.45) is 11.8 Å². The summed E-state index contributed by atoms with van der Waals surface area (Å²) in [6.45, 7) is 10.7. The molecule has 0 aliphatic heterocycles. The van der Waals surface area contributed by atoms with Crippen LogP contribution in [0.2, 0.25) is 0 Å². The summed E-state index contributed by atoms with van der Waals surface area (Å²) in [6.07, 6.45) is 6.73. The first-order valence-electron chi connectivity index (χ1n) is 6.08. The number of rotatable bonds is 7. The van der Waals surface area contributed by atoms with Crippen molar-refractivity contribution >= 4 is 0 Å². The smallest absolute Gasteiger partial charge is 0.0987 e. The van der Waals surface area contributed by atoms with Crippen LogP contribution >= 0.6 is 0 Å². The van der Waals surface area contributed by atoms with Gasteiger partial charge >= 0.3 is 0 Å². The van der Waals surface area contributed by atoms with E-state index in [0.29, 0.717) is 18.3 Å². The van der Waals surface area contributed by atoms with Gasteiger partial charge in [0.2, 0.25) is 0 Å². The Morgan fingerprint density at radius 1 is 1.12 bits per heavy atom. The van der Waals surface area contributed by atoms with Gasteiger partial charge in [0, 0.05) is 19.5 Å². The minimum absolute atomic E-state index is 0.0270. The molecule has 0 spiro atoms. The molecule has 0 fully saturated rings. The Labute approximate surface area is 101 Å². The summed E-state index contributed by atoms with van der Waals surface area (Å²) in [6, 6.07) is 2.35. The molecule has 2 heteroatoms. The SMILES string of the molecule is C#CCCC(C#N)N(CC(C)C)CC(C)C. The minimum Gasteiger partial charge on any atom is -0.288 e. The molecule has 2 nitrogen and oxygen atoms in total. The number of nitrogens with zero attached hydrogens (tertiary/aromatic N) is 2. The Bertz CT molecular complexity index is 245. The van der Waals surface area contributed by atoms with Crippen molar-refractivity contribution in [2.45, 2.75) is 46.6 Å². The Balaban J connectivity index is 4.44. The van der Waals surface area contributed by atoms with Gasteiger partial charge in [0.05, 0.1) is 12.1 Å². The first-order valence-corrected chi connectivity index (χ1v) is 6.08. The highest BCUT2D eigenvalue weighted by Gasteiger charge is 2.19. The summed E-state index contributed by atoms with van der Waals surface area (Å²) in [5.74, 6) is 3.78. The maximum atomic E-state index is 9.19. The lowest BCUT2D eigenvalue weighted by molar-refractivity contribution is 0.181. The summed E-state index contributed by atoms with van der Waals surface area (Å²) in [5.41, 5.74) is 0. The molecule has 0 N–H and O–H groups in total. The molecule has 90 valence electrons. The highest BCUT2D eigenvalue weighted by atomic mass is 15.2. The van der Waals surface area contributed by atoms with Crippen molar-refractivity contribution in [3.63, 3.8) is 0 Å². The quantitative estimate of drug-likeness (QED) is 0.617. The summed E-state index contributed by atoms with van der Waals surface area (Å²) in [7, 11) is 0. The molecule has 0 aromatic rings. The van der Waals surface area contributed by atoms with E-state index in [-0.39, 0.29) is 6.04 Å². The zero-order chi connectivity index (χ0) is 12.6. The van der Waals surface area contributed by atoms with E-state index in [1.165, 1.54) is 0 Å².